The molecule has 35 heavy (non-hydrogen) atoms. The van der Waals surface area contributed by atoms with Gasteiger partial charge in [0.1, 0.15) is 18.3 Å². The van der Waals surface area contributed by atoms with E-state index in [1.165, 1.54) is 4.90 Å². The van der Waals surface area contributed by atoms with Crippen LogP contribution in [0.4, 0.5) is 5.69 Å². The molecule has 192 valence electrons. The van der Waals surface area contributed by atoms with E-state index < -0.39 is 28.5 Å². The number of sulfonamides is 1. The number of hydrogen-bond donors (Lipinski definition) is 1. The van der Waals surface area contributed by atoms with Gasteiger partial charge in [-0.3, -0.25) is 13.9 Å². The summed E-state index contributed by atoms with van der Waals surface area (Å²) in [6.07, 6.45) is 1.76. The van der Waals surface area contributed by atoms with Crippen molar-refractivity contribution >= 4 is 50.7 Å². The zero-order chi connectivity index (χ0) is 26.2. The molecule has 0 aromatic heterocycles. The first-order valence-electron chi connectivity index (χ1n) is 11.2. The number of nitrogens with zero attached hydrogens (tertiary/aromatic N) is 2. The van der Waals surface area contributed by atoms with E-state index in [9.17, 15) is 18.0 Å². The standard InChI is InChI=1S/C24H31Cl2N3O5S/c1-5-13-27-24(31)17(3)28(15-18-7-12-21(25)22(26)14-18)23(30)16-29(35(4,32)33)19-8-10-20(11-9-19)34-6-2/h7-12,14,17H,5-6,13,15-16H2,1-4H3,(H,27,31)/t17-/m1/s1. The van der Waals surface area contributed by atoms with E-state index in [2.05, 4.69) is 5.32 Å². The Labute approximate surface area is 217 Å². The van der Waals surface area contributed by atoms with E-state index in [4.69, 9.17) is 27.9 Å². The Morgan fingerprint density at radius 2 is 1.71 bits per heavy atom. The molecule has 2 aromatic rings. The lowest BCUT2D eigenvalue weighted by Crippen LogP contribution is -2.51. The zero-order valence-corrected chi connectivity index (χ0v) is 22.6. The van der Waals surface area contributed by atoms with Crippen molar-refractivity contribution in [1.82, 2.24) is 10.2 Å². The molecule has 1 atom stereocenters. The van der Waals surface area contributed by atoms with Gasteiger partial charge in [-0.2, -0.15) is 0 Å². The Bertz CT molecular complexity index is 1130. The molecular formula is C24H31Cl2N3O5S. The van der Waals surface area contributed by atoms with Crippen molar-refractivity contribution in [3.05, 3.63) is 58.1 Å². The van der Waals surface area contributed by atoms with Gasteiger partial charge >= 0.3 is 0 Å². The molecule has 0 saturated carbocycles. The lowest BCUT2D eigenvalue weighted by Gasteiger charge is -2.31. The van der Waals surface area contributed by atoms with Crippen molar-refractivity contribution in [3.8, 4) is 5.75 Å². The van der Waals surface area contributed by atoms with Crippen molar-refractivity contribution in [2.45, 2.75) is 39.8 Å². The van der Waals surface area contributed by atoms with E-state index in [0.29, 0.717) is 40.2 Å². The summed E-state index contributed by atoms with van der Waals surface area (Å²) in [5, 5.41) is 3.46. The van der Waals surface area contributed by atoms with Gasteiger partial charge in [0, 0.05) is 13.1 Å². The summed E-state index contributed by atoms with van der Waals surface area (Å²) in [4.78, 5) is 27.5. The summed E-state index contributed by atoms with van der Waals surface area (Å²) >= 11 is 12.1. The van der Waals surface area contributed by atoms with Gasteiger partial charge in [-0.15, -0.1) is 0 Å². The predicted molar refractivity (Wildman–Crippen MR) is 140 cm³/mol. The first-order valence-corrected chi connectivity index (χ1v) is 13.8. The van der Waals surface area contributed by atoms with Crippen molar-refractivity contribution in [2.75, 3.05) is 30.3 Å². The van der Waals surface area contributed by atoms with E-state index in [1.54, 1.807) is 49.4 Å². The lowest BCUT2D eigenvalue weighted by atomic mass is 10.1. The van der Waals surface area contributed by atoms with Gasteiger partial charge in [0.25, 0.3) is 0 Å². The van der Waals surface area contributed by atoms with Gasteiger partial charge in [0.05, 0.1) is 28.6 Å². The van der Waals surface area contributed by atoms with Gasteiger partial charge in [-0.05, 0) is 62.2 Å². The largest absolute Gasteiger partial charge is 0.494 e. The summed E-state index contributed by atoms with van der Waals surface area (Å²) < 4.78 is 31.6. The van der Waals surface area contributed by atoms with E-state index >= 15 is 0 Å². The van der Waals surface area contributed by atoms with Crippen LogP contribution in [0.5, 0.6) is 5.75 Å². The molecule has 0 radical (unpaired) electrons. The Hall–Kier alpha value is -2.49. The van der Waals surface area contributed by atoms with Crippen molar-refractivity contribution in [2.24, 2.45) is 0 Å². The Morgan fingerprint density at radius 3 is 2.26 bits per heavy atom. The third-order valence-electron chi connectivity index (χ3n) is 5.17. The van der Waals surface area contributed by atoms with Crippen LogP contribution in [0.3, 0.4) is 0 Å². The average molecular weight is 545 g/mol. The fraction of sp³-hybridized carbons (Fsp3) is 0.417. The van der Waals surface area contributed by atoms with E-state index in [1.807, 2.05) is 13.8 Å². The highest BCUT2D eigenvalue weighted by molar-refractivity contribution is 7.92. The molecule has 0 unspecified atom stereocenters. The number of carbonyl (C=O) groups is 2. The minimum atomic E-state index is -3.81. The molecule has 0 bridgehead atoms. The summed E-state index contributed by atoms with van der Waals surface area (Å²) in [6.45, 7) is 5.84. The number of amides is 2. The van der Waals surface area contributed by atoms with Crippen molar-refractivity contribution in [3.63, 3.8) is 0 Å². The van der Waals surface area contributed by atoms with Gasteiger partial charge < -0.3 is 15.0 Å². The van der Waals surface area contributed by atoms with Crippen LogP contribution in [0.2, 0.25) is 10.0 Å². The van der Waals surface area contributed by atoms with Crippen LogP contribution >= 0.6 is 23.2 Å². The summed E-state index contributed by atoms with van der Waals surface area (Å²) in [7, 11) is -3.81. The van der Waals surface area contributed by atoms with Gasteiger partial charge in [-0.1, -0.05) is 36.2 Å². The van der Waals surface area contributed by atoms with Crippen LogP contribution in [-0.2, 0) is 26.2 Å². The lowest BCUT2D eigenvalue weighted by molar-refractivity contribution is -0.139. The number of rotatable bonds is 12. The summed E-state index contributed by atoms with van der Waals surface area (Å²) in [5.74, 6) is -0.305. The quantitative estimate of drug-likeness (QED) is 0.434. The third kappa shape index (κ3) is 8.30. The van der Waals surface area contributed by atoms with Gasteiger partial charge in [0.2, 0.25) is 21.8 Å². The molecule has 0 spiro atoms. The first kappa shape index (κ1) is 28.7. The second kappa shape index (κ2) is 13.0. The van der Waals surface area contributed by atoms with Crippen molar-refractivity contribution < 1.29 is 22.7 Å². The van der Waals surface area contributed by atoms with Crippen LogP contribution in [0.25, 0.3) is 0 Å². The van der Waals surface area contributed by atoms with Crippen LogP contribution in [0.15, 0.2) is 42.5 Å². The second-order valence-corrected chi connectivity index (χ2v) is 10.7. The predicted octanol–water partition coefficient (Wildman–Crippen LogP) is 4.10. The van der Waals surface area contributed by atoms with Gasteiger partial charge in [0.15, 0.2) is 0 Å². The normalized spacial score (nSPS) is 12.1. The molecule has 2 aromatic carbocycles. The maximum atomic E-state index is 13.5. The number of benzene rings is 2. The molecule has 0 aliphatic rings. The molecule has 0 aliphatic carbocycles. The third-order valence-corrected chi connectivity index (χ3v) is 7.05. The molecule has 0 saturated heterocycles. The fourth-order valence-corrected chi connectivity index (χ4v) is 4.47. The summed E-state index contributed by atoms with van der Waals surface area (Å²) in [5.41, 5.74) is 0.955. The molecular weight excluding hydrogens is 513 g/mol. The maximum absolute atomic E-state index is 13.5. The monoisotopic (exact) mass is 543 g/mol. The number of nitrogens with one attached hydrogen (secondary N) is 1. The summed E-state index contributed by atoms with van der Waals surface area (Å²) in [6, 6.07) is 10.5. The number of hydrogen-bond acceptors (Lipinski definition) is 5. The van der Waals surface area contributed by atoms with Gasteiger partial charge in [-0.25, -0.2) is 8.42 Å². The molecule has 1 N–H and O–H groups in total. The molecule has 0 heterocycles. The smallest absolute Gasteiger partial charge is 0.244 e. The zero-order valence-electron chi connectivity index (χ0n) is 20.3. The Morgan fingerprint density at radius 1 is 1.06 bits per heavy atom. The molecule has 2 amide bonds. The second-order valence-electron chi connectivity index (χ2n) is 7.93. The molecule has 0 fully saturated rings. The highest BCUT2D eigenvalue weighted by atomic mass is 35.5. The Kier molecular flexibility index (Phi) is 10.7. The first-order chi connectivity index (χ1) is 16.5. The highest BCUT2D eigenvalue weighted by Gasteiger charge is 2.30. The van der Waals surface area contributed by atoms with Crippen LogP contribution in [-0.4, -0.2) is 57.1 Å². The molecule has 11 heteroatoms. The highest BCUT2D eigenvalue weighted by Crippen LogP contribution is 2.25. The number of ether oxygens (including phenoxy) is 1. The van der Waals surface area contributed by atoms with Crippen LogP contribution < -0.4 is 14.4 Å². The number of anilines is 1. The Balaban J connectivity index is 2.37. The SMILES string of the molecule is CCCNC(=O)[C@@H](C)N(Cc1ccc(Cl)c(Cl)c1)C(=O)CN(c1ccc(OCC)cc1)S(C)(=O)=O. The number of carbonyl (C=O) groups excluding carboxylic acids is 2. The maximum Gasteiger partial charge on any atom is 0.244 e. The average Bonchev–Trinajstić information content (AvgIpc) is 2.81. The van der Waals surface area contributed by atoms with Crippen LogP contribution in [0.1, 0.15) is 32.8 Å². The van der Waals surface area contributed by atoms with Crippen LogP contribution in [0, 0.1) is 0 Å². The van der Waals surface area contributed by atoms with E-state index in [0.717, 1.165) is 17.0 Å². The molecule has 8 nitrogen and oxygen atoms in total. The molecule has 2 rings (SSSR count). The molecule has 0 aliphatic heterocycles. The fourth-order valence-electron chi connectivity index (χ4n) is 3.30. The number of halogens is 2. The van der Waals surface area contributed by atoms with E-state index in [-0.39, 0.29) is 12.5 Å². The minimum absolute atomic E-state index is 0.0390. The minimum Gasteiger partial charge on any atom is -0.494 e. The van der Waals surface area contributed by atoms with Crippen molar-refractivity contribution in [1.29, 1.82) is 0 Å². The topological polar surface area (TPSA) is 96.0 Å².